The van der Waals surface area contributed by atoms with Crippen LogP contribution in [-0.4, -0.2) is 30.4 Å². The summed E-state index contributed by atoms with van der Waals surface area (Å²) in [6.45, 7) is 0.147. The maximum Gasteiger partial charge on any atom is 0.256 e. The first kappa shape index (κ1) is 21.6. The molecule has 131 valence electrons. The van der Waals surface area contributed by atoms with E-state index in [9.17, 15) is 22.4 Å². The first-order valence-electron chi connectivity index (χ1n) is 7.04. The molecule has 0 saturated carbocycles. The van der Waals surface area contributed by atoms with Gasteiger partial charge in [0.2, 0.25) is 5.91 Å². The number of hydrogen-bond donors (Lipinski definition) is 0. The van der Waals surface area contributed by atoms with Crippen LogP contribution < -0.4 is 4.74 Å². The van der Waals surface area contributed by atoms with Gasteiger partial charge in [0.25, 0.3) is 6.43 Å². The first-order chi connectivity index (χ1) is 11.3. The zero-order chi connectivity index (χ0) is 17.9. The third-order valence-corrected chi connectivity index (χ3v) is 3.41. The maximum absolute atomic E-state index is 14.3. The SMILES string of the molecule is CC1C[C-]=C(c2c(F)cc(OCC#N)cc2F)N(CC(F)F)C1=O.[Y]. The molecule has 1 aromatic rings. The first-order valence-corrected chi connectivity index (χ1v) is 7.04. The van der Waals surface area contributed by atoms with E-state index in [1.165, 1.54) is 6.92 Å². The van der Waals surface area contributed by atoms with E-state index in [0.717, 1.165) is 12.1 Å². The van der Waals surface area contributed by atoms with Crippen LogP contribution >= 0.6 is 0 Å². The van der Waals surface area contributed by atoms with E-state index < -0.39 is 48.6 Å². The zero-order valence-corrected chi connectivity index (χ0v) is 16.1. The Balaban J connectivity index is 0.00000312. The van der Waals surface area contributed by atoms with Crippen LogP contribution in [0.2, 0.25) is 0 Å². The number of allylic oxidation sites excluding steroid dienone is 1. The van der Waals surface area contributed by atoms with Gasteiger partial charge in [-0.05, 0) is 12.1 Å². The number of alkyl halides is 2. The van der Waals surface area contributed by atoms with Crippen molar-refractivity contribution in [1.29, 1.82) is 5.26 Å². The van der Waals surface area contributed by atoms with E-state index in [1.807, 2.05) is 0 Å². The average molecular weight is 430 g/mol. The Kier molecular flexibility index (Phi) is 8.03. The standard InChI is InChI=1S/C16H13F4N2O2.Y/c1-9-2-3-13(22(16(9)23)8-14(19)20)15-11(17)6-10(7-12(15)18)24-5-4-21;/h6-7,9,14H,2,5,8H2,1H3;/q-1;. The molecule has 4 nitrogen and oxygen atoms in total. The van der Waals surface area contributed by atoms with Gasteiger partial charge in [-0.25, -0.2) is 23.6 Å². The molecule has 1 amide bonds. The Morgan fingerprint density at radius 1 is 1.40 bits per heavy atom. The van der Waals surface area contributed by atoms with E-state index in [2.05, 4.69) is 6.08 Å². The van der Waals surface area contributed by atoms with Crippen LogP contribution in [0, 0.1) is 35.0 Å². The molecule has 1 radical (unpaired) electrons. The number of halogens is 4. The van der Waals surface area contributed by atoms with Gasteiger partial charge in [-0.1, -0.05) is 18.9 Å². The van der Waals surface area contributed by atoms with Crippen LogP contribution in [-0.2, 0) is 37.5 Å². The molecule has 0 bridgehead atoms. The fraction of sp³-hybridized carbons (Fsp3) is 0.375. The molecule has 1 aliphatic heterocycles. The molecule has 25 heavy (non-hydrogen) atoms. The second kappa shape index (κ2) is 9.30. The molecule has 1 atom stereocenters. The summed E-state index contributed by atoms with van der Waals surface area (Å²) in [6, 6.07) is 3.31. The van der Waals surface area contributed by atoms with Gasteiger partial charge in [-0.2, -0.15) is 5.26 Å². The van der Waals surface area contributed by atoms with Crippen molar-refractivity contribution in [3.05, 3.63) is 35.4 Å². The Morgan fingerprint density at radius 3 is 2.52 bits per heavy atom. The van der Waals surface area contributed by atoms with Crippen molar-refractivity contribution in [2.75, 3.05) is 13.2 Å². The number of benzene rings is 1. The molecule has 9 heteroatoms. The van der Waals surface area contributed by atoms with Crippen LogP contribution in [0.3, 0.4) is 0 Å². The largest absolute Gasteiger partial charge is 0.479 e. The minimum atomic E-state index is -2.86. The summed E-state index contributed by atoms with van der Waals surface area (Å²) >= 11 is 0. The van der Waals surface area contributed by atoms with Gasteiger partial charge < -0.3 is 9.64 Å². The van der Waals surface area contributed by atoms with Crippen LogP contribution in [0.15, 0.2) is 12.1 Å². The van der Waals surface area contributed by atoms with Crippen LogP contribution in [0.1, 0.15) is 18.9 Å². The second-order valence-corrected chi connectivity index (χ2v) is 5.18. The third-order valence-electron chi connectivity index (χ3n) is 3.41. The summed E-state index contributed by atoms with van der Waals surface area (Å²) in [7, 11) is 0. The van der Waals surface area contributed by atoms with Gasteiger partial charge >= 0.3 is 0 Å². The number of nitriles is 1. The van der Waals surface area contributed by atoms with Gasteiger partial charge in [-0.3, -0.25) is 4.79 Å². The number of hydrogen-bond acceptors (Lipinski definition) is 3. The number of rotatable bonds is 5. The number of carbonyl (C=O) groups excluding carboxylic acids is 1. The molecule has 0 aliphatic carbocycles. The number of carbonyl (C=O) groups is 1. The van der Waals surface area contributed by atoms with E-state index in [4.69, 9.17) is 10.00 Å². The molecular formula is C16H13F4N2O2Y-. The summed E-state index contributed by atoms with van der Waals surface area (Å²) in [5.74, 6) is -3.64. The van der Waals surface area contributed by atoms with Crippen molar-refractivity contribution in [1.82, 2.24) is 4.90 Å². The Bertz CT molecular complexity index is 696. The summed E-state index contributed by atoms with van der Waals surface area (Å²) < 4.78 is 58.8. The van der Waals surface area contributed by atoms with Gasteiger partial charge in [0, 0.05) is 38.6 Å². The minimum Gasteiger partial charge on any atom is -0.479 e. The maximum atomic E-state index is 14.3. The minimum absolute atomic E-state index is 0. The topological polar surface area (TPSA) is 53.3 Å². The summed E-state index contributed by atoms with van der Waals surface area (Å²) in [5, 5.41) is 8.41. The zero-order valence-electron chi connectivity index (χ0n) is 13.2. The monoisotopic (exact) mass is 430 g/mol. The summed E-state index contributed by atoms with van der Waals surface area (Å²) in [4.78, 5) is 12.8. The molecule has 0 spiro atoms. The Morgan fingerprint density at radius 2 is 2.00 bits per heavy atom. The number of ether oxygens (including phenoxy) is 1. The van der Waals surface area contributed by atoms with Gasteiger partial charge in [-0.15, -0.1) is 5.70 Å². The fourth-order valence-corrected chi connectivity index (χ4v) is 2.33. The van der Waals surface area contributed by atoms with Crippen molar-refractivity contribution >= 4 is 11.6 Å². The normalized spacial score (nSPS) is 17.0. The van der Waals surface area contributed by atoms with E-state index in [-0.39, 0.29) is 50.6 Å². The van der Waals surface area contributed by atoms with Crippen LogP contribution in [0.25, 0.3) is 5.70 Å². The fourth-order valence-electron chi connectivity index (χ4n) is 2.33. The molecular weight excluding hydrogens is 417 g/mol. The van der Waals surface area contributed by atoms with E-state index >= 15 is 0 Å². The predicted molar refractivity (Wildman–Crippen MR) is 75.6 cm³/mol. The molecule has 0 N–H and O–H groups in total. The summed E-state index contributed by atoms with van der Waals surface area (Å²) in [5.41, 5.74) is -0.972. The molecule has 0 fully saturated rings. The molecule has 1 aliphatic rings. The van der Waals surface area contributed by atoms with Crippen molar-refractivity contribution in [2.24, 2.45) is 5.92 Å². The predicted octanol–water partition coefficient (Wildman–Crippen LogP) is 3.14. The van der Waals surface area contributed by atoms with Gasteiger partial charge in [0.05, 0.1) is 18.2 Å². The van der Waals surface area contributed by atoms with E-state index in [0.29, 0.717) is 4.90 Å². The second-order valence-electron chi connectivity index (χ2n) is 5.18. The third kappa shape index (κ3) is 5.02. The molecule has 1 unspecified atom stereocenters. The molecule has 0 saturated heterocycles. The van der Waals surface area contributed by atoms with Crippen molar-refractivity contribution < 1.29 is 59.8 Å². The van der Waals surface area contributed by atoms with Crippen molar-refractivity contribution in [3.8, 4) is 11.8 Å². The quantitative estimate of drug-likeness (QED) is 0.533. The average Bonchev–Trinajstić information content (AvgIpc) is 2.51. The number of amides is 1. The molecule has 0 aromatic heterocycles. The van der Waals surface area contributed by atoms with E-state index in [1.54, 1.807) is 6.07 Å². The van der Waals surface area contributed by atoms with Crippen molar-refractivity contribution in [3.63, 3.8) is 0 Å². The molecule has 1 aromatic carbocycles. The van der Waals surface area contributed by atoms with Gasteiger partial charge in [0.15, 0.2) is 6.61 Å². The van der Waals surface area contributed by atoms with Crippen LogP contribution in [0.4, 0.5) is 17.6 Å². The number of nitrogens with zero attached hydrogens (tertiary/aromatic N) is 2. The van der Waals surface area contributed by atoms with Crippen LogP contribution in [0.5, 0.6) is 5.75 Å². The van der Waals surface area contributed by atoms with Gasteiger partial charge in [0.1, 0.15) is 11.8 Å². The molecule has 2 rings (SSSR count). The van der Waals surface area contributed by atoms with Crippen molar-refractivity contribution in [2.45, 2.75) is 19.8 Å². The Labute approximate surface area is 167 Å². The Hall–Kier alpha value is -1.46. The summed E-state index contributed by atoms with van der Waals surface area (Å²) in [6.07, 6.45) is -0.161. The molecule has 1 heterocycles. The smallest absolute Gasteiger partial charge is 0.256 e.